The van der Waals surface area contributed by atoms with Gasteiger partial charge in [-0.15, -0.1) is 11.3 Å². The summed E-state index contributed by atoms with van der Waals surface area (Å²) in [5.74, 6) is -0.306. The fourth-order valence-corrected chi connectivity index (χ4v) is 3.31. The van der Waals surface area contributed by atoms with Crippen molar-refractivity contribution in [1.29, 1.82) is 0 Å². The van der Waals surface area contributed by atoms with Crippen molar-refractivity contribution in [2.45, 2.75) is 13.8 Å². The summed E-state index contributed by atoms with van der Waals surface area (Å²) in [5, 5.41) is 7.66. The zero-order valence-electron chi connectivity index (χ0n) is 14.4. The Morgan fingerprint density at radius 1 is 1.08 bits per heavy atom. The minimum Gasteiger partial charge on any atom is -0.351 e. The number of benzene rings is 2. The number of primary amides is 1. The number of nitrogens with two attached hydrogens (primary N) is 1. The van der Waals surface area contributed by atoms with Crippen molar-refractivity contribution in [2.24, 2.45) is 5.73 Å². The maximum Gasteiger partial charge on any atom is 0.316 e. The second kappa shape index (κ2) is 7.37. The Hall–Kier alpha value is -3.19. The Morgan fingerprint density at radius 3 is 2.62 bits per heavy atom. The number of nitrogens with one attached hydrogen (secondary N) is 2. The number of nitrogens with zero attached hydrogens (tertiary/aromatic N) is 1. The second-order valence-electron chi connectivity index (χ2n) is 5.88. The molecule has 1 heterocycles. The van der Waals surface area contributed by atoms with Gasteiger partial charge in [0.1, 0.15) is 0 Å². The van der Waals surface area contributed by atoms with E-state index in [1.807, 2.05) is 31.4 Å². The number of carbonyl (C=O) groups is 2. The van der Waals surface area contributed by atoms with Gasteiger partial charge in [0.15, 0.2) is 5.13 Å². The monoisotopic (exact) mass is 366 g/mol. The number of rotatable bonds is 4. The van der Waals surface area contributed by atoms with Crippen LogP contribution in [0, 0.1) is 13.8 Å². The van der Waals surface area contributed by atoms with Gasteiger partial charge in [-0.1, -0.05) is 29.8 Å². The molecule has 0 aliphatic rings. The van der Waals surface area contributed by atoms with Gasteiger partial charge >= 0.3 is 6.03 Å². The molecule has 0 fully saturated rings. The summed E-state index contributed by atoms with van der Waals surface area (Å²) in [6.45, 7) is 4.09. The number of hydrogen-bond donors (Lipinski definition) is 3. The molecule has 2 aromatic carbocycles. The van der Waals surface area contributed by atoms with Crippen molar-refractivity contribution < 1.29 is 9.59 Å². The van der Waals surface area contributed by atoms with Crippen LogP contribution in [0.5, 0.6) is 0 Å². The molecule has 0 bridgehead atoms. The van der Waals surface area contributed by atoms with Crippen LogP contribution in [0.25, 0.3) is 11.3 Å². The molecule has 1 aromatic heterocycles. The molecule has 26 heavy (non-hydrogen) atoms. The first-order chi connectivity index (χ1) is 12.4. The zero-order chi connectivity index (χ0) is 18.7. The van der Waals surface area contributed by atoms with E-state index in [-0.39, 0.29) is 5.91 Å². The lowest BCUT2D eigenvalue weighted by Crippen LogP contribution is -2.19. The molecular weight excluding hydrogens is 348 g/mol. The Morgan fingerprint density at radius 2 is 1.88 bits per heavy atom. The number of hydrogen-bond acceptors (Lipinski definition) is 4. The van der Waals surface area contributed by atoms with Crippen LogP contribution < -0.4 is 16.4 Å². The first-order valence-corrected chi connectivity index (χ1v) is 8.81. The minimum absolute atomic E-state index is 0.306. The molecule has 0 unspecified atom stereocenters. The topological polar surface area (TPSA) is 97.1 Å². The van der Waals surface area contributed by atoms with Gasteiger partial charge in [-0.25, -0.2) is 9.78 Å². The molecule has 0 atom stereocenters. The molecular formula is C19H18N4O2S. The van der Waals surface area contributed by atoms with Crippen LogP contribution in [-0.2, 0) is 0 Å². The Bertz CT molecular complexity index is 981. The molecule has 0 radical (unpaired) electrons. The molecule has 3 rings (SSSR count). The second-order valence-corrected chi connectivity index (χ2v) is 6.74. The van der Waals surface area contributed by atoms with Gasteiger partial charge in [-0.05, 0) is 37.6 Å². The van der Waals surface area contributed by atoms with E-state index in [9.17, 15) is 9.59 Å². The number of carbonyl (C=O) groups excluding carboxylic acids is 2. The lowest BCUT2D eigenvalue weighted by atomic mass is 10.0. The van der Waals surface area contributed by atoms with E-state index in [1.165, 1.54) is 16.9 Å². The maximum atomic E-state index is 12.4. The lowest BCUT2D eigenvalue weighted by molar-refractivity contribution is 0.102. The predicted molar refractivity (Wildman–Crippen MR) is 105 cm³/mol. The summed E-state index contributed by atoms with van der Waals surface area (Å²) in [5.41, 5.74) is 10.2. The van der Waals surface area contributed by atoms with E-state index < -0.39 is 6.03 Å². The third-order valence-corrected chi connectivity index (χ3v) is 4.53. The average Bonchev–Trinajstić information content (AvgIpc) is 3.02. The van der Waals surface area contributed by atoms with Gasteiger partial charge in [0.2, 0.25) is 0 Å². The van der Waals surface area contributed by atoms with Crippen molar-refractivity contribution in [2.75, 3.05) is 10.6 Å². The van der Waals surface area contributed by atoms with E-state index >= 15 is 0 Å². The van der Waals surface area contributed by atoms with Crippen molar-refractivity contribution in [3.8, 4) is 11.3 Å². The standard InChI is InChI=1S/C19H18N4O2S/c1-11-6-7-15(12(2)8-11)16-10-26-19(22-16)23-17(24)13-4-3-5-14(9-13)21-18(20)25/h3-10H,1-2H3,(H3,20,21,25)(H,22,23,24). The smallest absolute Gasteiger partial charge is 0.316 e. The van der Waals surface area contributed by atoms with E-state index in [4.69, 9.17) is 5.73 Å². The van der Waals surface area contributed by atoms with Crippen molar-refractivity contribution in [3.05, 3.63) is 64.5 Å². The average molecular weight is 366 g/mol. The molecule has 132 valence electrons. The molecule has 0 spiro atoms. The lowest BCUT2D eigenvalue weighted by Gasteiger charge is -2.06. The van der Waals surface area contributed by atoms with Gasteiger partial charge in [-0.3, -0.25) is 10.1 Å². The van der Waals surface area contributed by atoms with E-state index in [1.54, 1.807) is 24.3 Å². The maximum absolute atomic E-state index is 12.4. The first-order valence-electron chi connectivity index (χ1n) is 7.93. The fraction of sp³-hybridized carbons (Fsp3) is 0.105. The molecule has 3 aromatic rings. The number of aromatic nitrogens is 1. The number of amides is 3. The summed E-state index contributed by atoms with van der Waals surface area (Å²) >= 11 is 1.36. The summed E-state index contributed by atoms with van der Waals surface area (Å²) in [6, 6.07) is 12.0. The first kappa shape index (κ1) is 17.6. The summed E-state index contributed by atoms with van der Waals surface area (Å²) in [4.78, 5) is 27.9. The summed E-state index contributed by atoms with van der Waals surface area (Å²) in [6.07, 6.45) is 0. The Balaban J connectivity index is 1.76. The highest BCUT2D eigenvalue weighted by Gasteiger charge is 2.12. The fourth-order valence-electron chi connectivity index (χ4n) is 2.61. The Labute approximate surface area is 155 Å². The molecule has 0 saturated heterocycles. The SMILES string of the molecule is Cc1ccc(-c2csc(NC(=O)c3cccc(NC(N)=O)c3)n2)c(C)c1. The summed E-state index contributed by atoms with van der Waals surface area (Å²) < 4.78 is 0. The molecule has 0 aliphatic heterocycles. The molecule has 0 aliphatic carbocycles. The predicted octanol–water partition coefficient (Wildman–Crippen LogP) is 4.17. The normalized spacial score (nSPS) is 10.4. The van der Waals surface area contributed by atoms with E-state index in [2.05, 4.69) is 21.7 Å². The quantitative estimate of drug-likeness (QED) is 0.646. The highest BCUT2D eigenvalue weighted by Crippen LogP contribution is 2.28. The van der Waals surface area contributed by atoms with Crippen LogP contribution in [0.15, 0.2) is 47.8 Å². The Kier molecular flexibility index (Phi) is 4.99. The van der Waals surface area contributed by atoms with Gasteiger partial charge in [-0.2, -0.15) is 0 Å². The van der Waals surface area contributed by atoms with Crippen LogP contribution in [0.1, 0.15) is 21.5 Å². The van der Waals surface area contributed by atoms with Crippen LogP contribution in [0.4, 0.5) is 15.6 Å². The molecule has 6 nitrogen and oxygen atoms in total. The number of thiazole rings is 1. The van der Waals surface area contributed by atoms with Gasteiger partial charge in [0.05, 0.1) is 5.69 Å². The third-order valence-electron chi connectivity index (χ3n) is 3.77. The van der Waals surface area contributed by atoms with Crippen molar-refractivity contribution >= 4 is 34.1 Å². The molecule has 3 amide bonds. The van der Waals surface area contributed by atoms with Crippen LogP contribution in [0.2, 0.25) is 0 Å². The van der Waals surface area contributed by atoms with Gasteiger partial charge < -0.3 is 11.1 Å². The molecule has 7 heteroatoms. The highest BCUT2D eigenvalue weighted by molar-refractivity contribution is 7.14. The third kappa shape index (κ3) is 4.07. The molecule has 0 saturated carbocycles. The van der Waals surface area contributed by atoms with Crippen LogP contribution in [0.3, 0.4) is 0 Å². The summed E-state index contributed by atoms with van der Waals surface area (Å²) in [7, 11) is 0. The zero-order valence-corrected chi connectivity index (χ0v) is 15.2. The van der Waals surface area contributed by atoms with Crippen molar-refractivity contribution in [1.82, 2.24) is 4.98 Å². The highest BCUT2D eigenvalue weighted by atomic mass is 32.1. The van der Waals surface area contributed by atoms with Crippen LogP contribution in [-0.4, -0.2) is 16.9 Å². The number of anilines is 2. The largest absolute Gasteiger partial charge is 0.351 e. The number of urea groups is 1. The molecule has 4 N–H and O–H groups in total. The number of aryl methyl sites for hydroxylation is 2. The van der Waals surface area contributed by atoms with Crippen LogP contribution >= 0.6 is 11.3 Å². The van der Waals surface area contributed by atoms with Gasteiger partial charge in [0, 0.05) is 22.2 Å². The van der Waals surface area contributed by atoms with E-state index in [0.717, 1.165) is 16.8 Å². The minimum atomic E-state index is -0.680. The van der Waals surface area contributed by atoms with Crippen molar-refractivity contribution in [3.63, 3.8) is 0 Å². The van der Waals surface area contributed by atoms with E-state index in [0.29, 0.717) is 16.4 Å². The van der Waals surface area contributed by atoms with Gasteiger partial charge in [0.25, 0.3) is 5.91 Å².